The maximum Gasteiger partial charge on any atom is 0.327 e. The van der Waals surface area contributed by atoms with Gasteiger partial charge in [-0.3, -0.25) is 14.6 Å². The van der Waals surface area contributed by atoms with Crippen LogP contribution < -0.4 is 0 Å². The standard InChI is InChI=1S/C25H29F2N3O3/c1-33-13-5-10-30-24(32)29(18-19-6-3-2-4-7-19)23(31)25(30)8-11-28(12-9-25)17-20-14-21(26)16-22(27)15-20/h2-4,6-7,14-16H,5,8-13,17-18H2,1H3. The molecule has 2 aliphatic heterocycles. The molecule has 0 aromatic heterocycles. The number of imide groups is 1. The highest BCUT2D eigenvalue weighted by molar-refractivity contribution is 6.07. The van der Waals surface area contributed by atoms with Gasteiger partial charge >= 0.3 is 6.03 Å². The predicted molar refractivity (Wildman–Crippen MR) is 119 cm³/mol. The molecule has 3 amide bonds. The lowest BCUT2D eigenvalue weighted by Gasteiger charge is -2.42. The lowest BCUT2D eigenvalue weighted by atomic mass is 9.85. The molecule has 4 rings (SSSR count). The number of benzene rings is 2. The largest absolute Gasteiger partial charge is 0.385 e. The van der Waals surface area contributed by atoms with Crippen molar-refractivity contribution in [3.8, 4) is 0 Å². The predicted octanol–water partition coefficient (Wildman–Crippen LogP) is 3.80. The molecule has 2 aliphatic rings. The third-order valence-electron chi connectivity index (χ3n) is 6.55. The van der Waals surface area contributed by atoms with Crippen LogP contribution in [0.4, 0.5) is 13.6 Å². The van der Waals surface area contributed by atoms with E-state index in [0.29, 0.717) is 57.6 Å². The van der Waals surface area contributed by atoms with Gasteiger partial charge in [0.1, 0.15) is 17.2 Å². The number of amides is 3. The second kappa shape index (κ2) is 9.97. The second-order valence-corrected chi connectivity index (χ2v) is 8.74. The van der Waals surface area contributed by atoms with E-state index in [1.165, 1.54) is 17.0 Å². The molecule has 0 saturated carbocycles. The van der Waals surface area contributed by atoms with E-state index in [1.54, 1.807) is 12.0 Å². The van der Waals surface area contributed by atoms with E-state index >= 15 is 0 Å². The van der Waals surface area contributed by atoms with Crippen LogP contribution in [-0.2, 0) is 22.6 Å². The van der Waals surface area contributed by atoms with E-state index in [2.05, 4.69) is 4.90 Å². The first-order chi connectivity index (χ1) is 15.9. The van der Waals surface area contributed by atoms with Gasteiger partial charge in [0.15, 0.2) is 0 Å². The summed E-state index contributed by atoms with van der Waals surface area (Å²) in [6, 6.07) is 12.7. The lowest BCUT2D eigenvalue weighted by molar-refractivity contribution is -0.136. The van der Waals surface area contributed by atoms with E-state index in [4.69, 9.17) is 4.74 Å². The summed E-state index contributed by atoms with van der Waals surface area (Å²) in [7, 11) is 1.61. The topological polar surface area (TPSA) is 53.1 Å². The number of ether oxygens (including phenoxy) is 1. The summed E-state index contributed by atoms with van der Waals surface area (Å²) < 4.78 is 32.3. The molecule has 2 fully saturated rings. The molecule has 33 heavy (non-hydrogen) atoms. The Kier molecular flexibility index (Phi) is 7.05. The third-order valence-corrected chi connectivity index (χ3v) is 6.55. The Balaban J connectivity index is 1.50. The first-order valence-electron chi connectivity index (χ1n) is 11.3. The Morgan fingerprint density at radius 1 is 0.939 bits per heavy atom. The summed E-state index contributed by atoms with van der Waals surface area (Å²) in [5, 5.41) is 0. The Hall–Kier alpha value is -2.84. The van der Waals surface area contributed by atoms with Crippen LogP contribution in [0.5, 0.6) is 0 Å². The van der Waals surface area contributed by atoms with E-state index in [9.17, 15) is 18.4 Å². The molecule has 2 heterocycles. The molecule has 1 spiro atoms. The molecule has 0 aliphatic carbocycles. The number of urea groups is 1. The molecule has 0 N–H and O–H groups in total. The summed E-state index contributed by atoms with van der Waals surface area (Å²) >= 11 is 0. The van der Waals surface area contributed by atoms with E-state index in [-0.39, 0.29) is 18.5 Å². The first kappa shape index (κ1) is 23.3. The average Bonchev–Trinajstić information content (AvgIpc) is 2.97. The van der Waals surface area contributed by atoms with Crippen LogP contribution >= 0.6 is 0 Å². The Labute approximate surface area is 192 Å². The fraction of sp³-hybridized carbons (Fsp3) is 0.440. The zero-order chi connectivity index (χ0) is 23.4. The van der Waals surface area contributed by atoms with Crippen LogP contribution in [0.15, 0.2) is 48.5 Å². The number of carbonyl (C=O) groups is 2. The molecule has 6 nitrogen and oxygen atoms in total. The quantitative estimate of drug-likeness (QED) is 0.447. The van der Waals surface area contributed by atoms with Crippen LogP contribution in [0.1, 0.15) is 30.4 Å². The van der Waals surface area contributed by atoms with Gasteiger partial charge < -0.3 is 9.64 Å². The molecule has 0 bridgehead atoms. The fourth-order valence-electron chi connectivity index (χ4n) is 4.89. The second-order valence-electron chi connectivity index (χ2n) is 8.74. The van der Waals surface area contributed by atoms with Crippen LogP contribution in [0, 0.1) is 11.6 Å². The highest BCUT2D eigenvalue weighted by Crippen LogP contribution is 2.38. The van der Waals surface area contributed by atoms with Crippen molar-refractivity contribution in [1.82, 2.24) is 14.7 Å². The summed E-state index contributed by atoms with van der Waals surface area (Å²) in [6.07, 6.45) is 1.60. The van der Waals surface area contributed by atoms with Gasteiger partial charge in [0, 0.05) is 46.0 Å². The SMILES string of the molecule is COCCCN1C(=O)N(Cc2ccccc2)C(=O)C12CCN(Cc1cc(F)cc(F)c1)CC2. The number of hydrogen-bond acceptors (Lipinski definition) is 4. The Morgan fingerprint density at radius 2 is 1.61 bits per heavy atom. The van der Waals surface area contributed by atoms with Gasteiger partial charge in [-0.15, -0.1) is 0 Å². The number of hydrogen-bond donors (Lipinski definition) is 0. The van der Waals surface area contributed by atoms with Gasteiger partial charge in [-0.2, -0.15) is 0 Å². The molecule has 0 unspecified atom stereocenters. The van der Waals surface area contributed by atoms with E-state index in [1.807, 2.05) is 30.3 Å². The van der Waals surface area contributed by atoms with Gasteiger partial charge in [0.25, 0.3) is 5.91 Å². The number of methoxy groups -OCH3 is 1. The van der Waals surface area contributed by atoms with Crippen molar-refractivity contribution < 1.29 is 23.1 Å². The summed E-state index contributed by atoms with van der Waals surface area (Å²) in [5.74, 6) is -1.36. The monoisotopic (exact) mass is 457 g/mol. The first-order valence-corrected chi connectivity index (χ1v) is 11.3. The van der Waals surface area contributed by atoms with Crippen molar-refractivity contribution in [3.05, 3.63) is 71.3 Å². The molecule has 2 aromatic rings. The van der Waals surface area contributed by atoms with Crippen LogP contribution in [0.3, 0.4) is 0 Å². The number of halogens is 2. The highest BCUT2D eigenvalue weighted by Gasteiger charge is 2.57. The fourth-order valence-corrected chi connectivity index (χ4v) is 4.89. The van der Waals surface area contributed by atoms with Crippen molar-refractivity contribution >= 4 is 11.9 Å². The van der Waals surface area contributed by atoms with Crippen molar-refractivity contribution in [2.75, 3.05) is 33.4 Å². The smallest absolute Gasteiger partial charge is 0.327 e. The van der Waals surface area contributed by atoms with Crippen molar-refractivity contribution in [3.63, 3.8) is 0 Å². The molecule has 0 atom stereocenters. The van der Waals surface area contributed by atoms with E-state index < -0.39 is 17.2 Å². The summed E-state index contributed by atoms with van der Waals surface area (Å²) in [4.78, 5) is 32.1. The minimum Gasteiger partial charge on any atom is -0.385 e. The highest BCUT2D eigenvalue weighted by atomic mass is 19.1. The number of nitrogens with zero attached hydrogens (tertiary/aromatic N) is 3. The number of piperidine rings is 1. The summed E-state index contributed by atoms with van der Waals surface area (Å²) in [5.41, 5.74) is 0.571. The zero-order valence-electron chi connectivity index (χ0n) is 18.8. The van der Waals surface area contributed by atoms with Crippen LogP contribution in [0.2, 0.25) is 0 Å². The zero-order valence-corrected chi connectivity index (χ0v) is 18.8. The van der Waals surface area contributed by atoms with Crippen molar-refractivity contribution in [2.24, 2.45) is 0 Å². The van der Waals surface area contributed by atoms with Crippen LogP contribution in [0.25, 0.3) is 0 Å². The normalized spacial score (nSPS) is 18.5. The summed E-state index contributed by atoms with van der Waals surface area (Å²) in [6.45, 7) is 2.69. The minimum absolute atomic E-state index is 0.162. The number of carbonyl (C=O) groups excluding carboxylic acids is 2. The number of rotatable bonds is 8. The van der Waals surface area contributed by atoms with Crippen molar-refractivity contribution in [2.45, 2.75) is 37.9 Å². The van der Waals surface area contributed by atoms with Gasteiger partial charge in [0.2, 0.25) is 0 Å². The molecule has 2 saturated heterocycles. The Morgan fingerprint density at radius 3 is 2.24 bits per heavy atom. The van der Waals surface area contributed by atoms with E-state index in [0.717, 1.165) is 11.6 Å². The van der Waals surface area contributed by atoms with Crippen LogP contribution in [-0.4, -0.2) is 65.5 Å². The maximum absolute atomic E-state index is 13.6. The van der Waals surface area contributed by atoms with Gasteiger partial charge in [-0.05, 0) is 42.5 Å². The third kappa shape index (κ3) is 4.91. The van der Waals surface area contributed by atoms with Crippen molar-refractivity contribution in [1.29, 1.82) is 0 Å². The minimum atomic E-state index is -0.886. The maximum atomic E-state index is 13.6. The molecule has 8 heteroatoms. The average molecular weight is 458 g/mol. The van der Waals surface area contributed by atoms with Gasteiger partial charge in [0.05, 0.1) is 6.54 Å². The molecule has 176 valence electrons. The lowest BCUT2D eigenvalue weighted by Crippen LogP contribution is -2.56. The molecular formula is C25H29F2N3O3. The Bertz CT molecular complexity index is 973. The number of likely N-dealkylation sites (tertiary alicyclic amines) is 1. The van der Waals surface area contributed by atoms with Gasteiger partial charge in [-0.25, -0.2) is 13.6 Å². The molecule has 0 radical (unpaired) electrons. The molecule has 2 aromatic carbocycles. The molecular weight excluding hydrogens is 428 g/mol. The van der Waals surface area contributed by atoms with Gasteiger partial charge in [-0.1, -0.05) is 30.3 Å².